The van der Waals surface area contributed by atoms with Gasteiger partial charge in [0.15, 0.2) is 0 Å². The number of aliphatic carboxylic acids is 1. The topological polar surface area (TPSA) is 69.6 Å². The summed E-state index contributed by atoms with van der Waals surface area (Å²) in [5, 5.41) is 21.2. The zero-order valence-corrected chi connectivity index (χ0v) is 15.9. The summed E-state index contributed by atoms with van der Waals surface area (Å²) in [7, 11) is 0. The second kappa shape index (κ2) is 7.54. The molecule has 8 heteroatoms. The number of fused-ring (bicyclic) bond motifs is 1. The van der Waals surface area contributed by atoms with Crippen molar-refractivity contribution in [3.63, 3.8) is 0 Å². The van der Waals surface area contributed by atoms with Crippen molar-refractivity contribution in [2.45, 2.75) is 61.1 Å². The summed E-state index contributed by atoms with van der Waals surface area (Å²) in [6.45, 7) is 1.14. The van der Waals surface area contributed by atoms with Gasteiger partial charge in [0, 0.05) is 16.4 Å². The average Bonchev–Trinajstić information content (AvgIpc) is 2.62. The van der Waals surface area contributed by atoms with E-state index in [1.165, 1.54) is 43.2 Å². The molecule has 0 aromatic heterocycles. The fraction of sp³-hybridized carbons (Fsp3) is 0.632. The second-order valence-corrected chi connectivity index (χ2v) is 8.36. The van der Waals surface area contributed by atoms with Gasteiger partial charge in [-0.2, -0.15) is 13.2 Å². The summed E-state index contributed by atoms with van der Waals surface area (Å²) in [6.07, 6.45) is 4.78. The van der Waals surface area contributed by atoms with Crippen molar-refractivity contribution in [1.29, 1.82) is 0 Å². The molecular weight excluding hydrogens is 379 g/mol. The van der Waals surface area contributed by atoms with E-state index in [4.69, 9.17) is 9.90 Å². The molecule has 27 heavy (non-hydrogen) atoms. The van der Waals surface area contributed by atoms with Crippen LogP contribution in [0.2, 0.25) is 0 Å². The number of aromatic hydroxyl groups is 1. The van der Waals surface area contributed by atoms with Gasteiger partial charge in [0.1, 0.15) is 5.75 Å². The van der Waals surface area contributed by atoms with Crippen molar-refractivity contribution in [1.82, 2.24) is 5.32 Å². The predicted molar refractivity (Wildman–Crippen MR) is 97.3 cm³/mol. The largest absolute Gasteiger partial charge is 0.507 e. The number of thioether (sulfide) groups is 1. The maximum absolute atomic E-state index is 10.6. The summed E-state index contributed by atoms with van der Waals surface area (Å²) in [5.41, 5.74) is 3.33. The summed E-state index contributed by atoms with van der Waals surface area (Å²) in [6, 6.07) is 5.03. The Hall–Kier alpha value is -1.41. The number of piperidine rings is 1. The van der Waals surface area contributed by atoms with Crippen LogP contribution in [0.4, 0.5) is 13.2 Å². The van der Waals surface area contributed by atoms with Gasteiger partial charge in [-0.15, -0.1) is 11.8 Å². The molecule has 3 N–H and O–H groups in total. The third-order valence-corrected chi connectivity index (χ3v) is 6.95. The van der Waals surface area contributed by atoms with Gasteiger partial charge in [-0.3, -0.25) is 0 Å². The minimum absolute atomic E-state index is 0.357. The Morgan fingerprint density at radius 3 is 2.63 bits per heavy atom. The number of carboxylic acids is 1. The molecule has 0 spiro atoms. The minimum Gasteiger partial charge on any atom is -0.507 e. The lowest BCUT2D eigenvalue weighted by molar-refractivity contribution is -0.192. The monoisotopic (exact) mass is 403 g/mol. The van der Waals surface area contributed by atoms with Crippen LogP contribution in [0.1, 0.15) is 43.2 Å². The number of halogens is 3. The van der Waals surface area contributed by atoms with Crippen LogP contribution in [-0.4, -0.2) is 41.2 Å². The first-order chi connectivity index (χ1) is 12.7. The normalized spacial score (nSPS) is 29.0. The fourth-order valence-electron chi connectivity index (χ4n) is 5.11. The Bertz CT molecular complexity index is 721. The molecule has 1 heterocycles. The number of nitrogens with one attached hydrogen (secondary N) is 1. The number of phenols is 1. The molecule has 2 bridgehead atoms. The number of carbonyl (C=O) groups is 1. The lowest BCUT2D eigenvalue weighted by Crippen LogP contribution is -2.59. The number of alkyl halides is 3. The second-order valence-electron chi connectivity index (χ2n) is 7.51. The van der Waals surface area contributed by atoms with Crippen LogP contribution in [0.15, 0.2) is 17.0 Å². The molecule has 2 aliphatic carbocycles. The van der Waals surface area contributed by atoms with Crippen molar-refractivity contribution < 1.29 is 28.2 Å². The fourth-order valence-corrected chi connectivity index (χ4v) is 5.64. The molecule has 150 valence electrons. The van der Waals surface area contributed by atoms with E-state index in [2.05, 4.69) is 17.4 Å². The van der Waals surface area contributed by atoms with Crippen molar-refractivity contribution in [3.8, 4) is 5.75 Å². The van der Waals surface area contributed by atoms with Gasteiger partial charge >= 0.3 is 12.1 Å². The number of hydrogen-bond acceptors (Lipinski definition) is 4. The van der Waals surface area contributed by atoms with Crippen LogP contribution in [-0.2, 0) is 16.6 Å². The molecule has 4 rings (SSSR count). The number of benzene rings is 1. The summed E-state index contributed by atoms with van der Waals surface area (Å²) >= 11 is 1.65. The van der Waals surface area contributed by atoms with Crippen molar-refractivity contribution >= 4 is 17.7 Å². The zero-order chi connectivity index (χ0) is 19.8. The van der Waals surface area contributed by atoms with Gasteiger partial charge in [-0.25, -0.2) is 4.79 Å². The molecular formula is C19H24F3NO3S. The van der Waals surface area contributed by atoms with E-state index in [9.17, 15) is 18.3 Å². The minimum atomic E-state index is -5.08. The maximum atomic E-state index is 10.6. The lowest BCUT2D eigenvalue weighted by Gasteiger charge is -2.56. The third-order valence-electron chi connectivity index (χ3n) is 6.18. The van der Waals surface area contributed by atoms with E-state index in [0.29, 0.717) is 17.2 Å². The van der Waals surface area contributed by atoms with Crippen molar-refractivity contribution in [3.05, 3.63) is 23.3 Å². The average molecular weight is 403 g/mol. The van der Waals surface area contributed by atoms with Crippen molar-refractivity contribution in [2.24, 2.45) is 5.92 Å². The van der Waals surface area contributed by atoms with Crippen LogP contribution in [0, 0.1) is 5.92 Å². The molecule has 2 fully saturated rings. The van der Waals surface area contributed by atoms with Gasteiger partial charge in [-0.05, 0) is 67.7 Å². The smallest absolute Gasteiger partial charge is 0.490 e. The third kappa shape index (κ3) is 3.78. The molecule has 1 saturated carbocycles. The van der Waals surface area contributed by atoms with Crippen molar-refractivity contribution in [2.75, 3.05) is 12.8 Å². The molecule has 0 amide bonds. The highest BCUT2D eigenvalue weighted by atomic mass is 32.2. The van der Waals surface area contributed by atoms with E-state index in [1.807, 2.05) is 6.26 Å². The van der Waals surface area contributed by atoms with E-state index < -0.39 is 12.1 Å². The molecule has 0 radical (unpaired) electrons. The quantitative estimate of drug-likeness (QED) is 0.616. The van der Waals surface area contributed by atoms with Crippen LogP contribution < -0.4 is 5.32 Å². The molecule has 3 aliphatic rings. The first-order valence-corrected chi connectivity index (χ1v) is 10.4. The SMILES string of the molecule is CSc1cc2c(cc1O)[C@]13CCCC[C@@H]1[C@H](C2)NCC3.O=C(O)C(F)(F)F. The molecule has 0 unspecified atom stereocenters. The summed E-state index contributed by atoms with van der Waals surface area (Å²) in [4.78, 5) is 9.93. The number of phenolic OH excluding ortho intramolecular Hbond substituents is 1. The van der Waals surface area contributed by atoms with Gasteiger partial charge in [0.25, 0.3) is 0 Å². The first-order valence-electron chi connectivity index (χ1n) is 9.13. The Kier molecular flexibility index (Phi) is 5.68. The van der Waals surface area contributed by atoms with Gasteiger partial charge in [0.05, 0.1) is 0 Å². The van der Waals surface area contributed by atoms with Gasteiger partial charge in [0.2, 0.25) is 0 Å². The molecule has 1 aromatic carbocycles. The van der Waals surface area contributed by atoms with E-state index >= 15 is 0 Å². The van der Waals surface area contributed by atoms with E-state index in [1.54, 1.807) is 11.8 Å². The van der Waals surface area contributed by atoms with Crippen LogP contribution >= 0.6 is 11.8 Å². The van der Waals surface area contributed by atoms with Crippen LogP contribution in [0.3, 0.4) is 0 Å². The zero-order valence-electron chi connectivity index (χ0n) is 15.1. The van der Waals surface area contributed by atoms with Crippen LogP contribution in [0.25, 0.3) is 0 Å². The molecule has 3 atom stereocenters. The van der Waals surface area contributed by atoms with Crippen LogP contribution in [0.5, 0.6) is 5.75 Å². The van der Waals surface area contributed by atoms with Gasteiger partial charge < -0.3 is 15.5 Å². The Labute approximate surface area is 160 Å². The predicted octanol–water partition coefficient (Wildman–Crippen LogP) is 4.09. The van der Waals surface area contributed by atoms with E-state index in [-0.39, 0.29) is 0 Å². The number of rotatable bonds is 1. The Morgan fingerprint density at radius 1 is 1.30 bits per heavy atom. The van der Waals surface area contributed by atoms with Gasteiger partial charge in [-0.1, -0.05) is 12.8 Å². The standard InChI is InChI=1S/C17H23NOS.C2HF3O2/c1-20-16-9-11-8-14-12-4-2-3-5-17(12,6-7-18-14)13(11)10-15(16)19;3-2(4,5)1(6)7/h9-10,12,14,18-19H,2-8H2,1H3;(H,6,7)/t12-,14+,17+;/m1./s1. The Balaban J connectivity index is 0.000000260. The highest BCUT2D eigenvalue weighted by Gasteiger charge is 2.51. The molecule has 1 saturated heterocycles. The first kappa shape index (κ1) is 20.3. The number of hydrogen-bond donors (Lipinski definition) is 3. The molecule has 4 nitrogen and oxygen atoms in total. The molecule has 1 aliphatic heterocycles. The summed E-state index contributed by atoms with van der Waals surface area (Å²) < 4.78 is 31.7. The van der Waals surface area contributed by atoms with E-state index in [0.717, 1.165) is 23.8 Å². The highest BCUT2D eigenvalue weighted by molar-refractivity contribution is 7.98. The Morgan fingerprint density at radius 2 is 2.00 bits per heavy atom. The molecule has 1 aromatic rings. The maximum Gasteiger partial charge on any atom is 0.490 e. The highest BCUT2D eigenvalue weighted by Crippen LogP contribution is 2.55. The lowest BCUT2D eigenvalue weighted by atomic mass is 9.53. The summed E-state index contributed by atoms with van der Waals surface area (Å²) in [5.74, 6) is -1.48. The number of carboxylic acid groups (broad SMARTS) is 1.